The van der Waals surface area contributed by atoms with E-state index in [2.05, 4.69) is 19.9 Å². The van der Waals surface area contributed by atoms with Gasteiger partial charge < -0.3 is 4.98 Å². The second kappa shape index (κ2) is 2.52. The monoisotopic (exact) mass is 174 g/mol. The van der Waals surface area contributed by atoms with Crippen LogP contribution >= 0.6 is 0 Å². The summed E-state index contributed by atoms with van der Waals surface area (Å²) >= 11 is 0. The fraction of sp³-hybridized carbons (Fsp3) is 0.444. The summed E-state index contributed by atoms with van der Waals surface area (Å²) in [6.07, 6.45) is 7.18. The summed E-state index contributed by atoms with van der Waals surface area (Å²) in [6, 6.07) is 0. The third-order valence-corrected chi connectivity index (χ3v) is 2.64. The van der Waals surface area contributed by atoms with E-state index in [1.54, 1.807) is 12.4 Å². The summed E-state index contributed by atoms with van der Waals surface area (Å²) in [5.41, 5.74) is 1.55. The molecule has 0 atom stereocenters. The van der Waals surface area contributed by atoms with Crippen LogP contribution in [0.3, 0.4) is 0 Å². The number of hydrogen-bond acceptors (Lipinski definition) is 3. The van der Waals surface area contributed by atoms with Gasteiger partial charge in [0.15, 0.2) is 11.3 Å². The molecule has 4 nitrogen and oxygen atoms in total. The Morgan fingerprint density at radius 3 is 2.77 bits per heavy atom. The Hall–Kier alpha value is -1.45. The summed E-state index contributed by atoms with van der Waals surface area (Å²) in [5.74, 6) is 1.68. The number of hydrogen-bond donors (Lipinski definition) is 1. The van der Waals surface area contributed by atoms with Crippen LogP contribution in [0, 0.1) is 0 Å². The largest absolute Gasteiger partial charge is 0.325 e. The molecule has 0 spiro atoms. The quantitative estimate of drug-likeness (QED) is 0.714. The van der Waals surface area contributed by atoms with Crippen LogP contribution < -0.4 is 0 Å². The molecular formula is C9H10N4. The first-order valence-corrected chi connectivity index (χ1v) is 4.60. The van der Waals surface area contributed by atoms with Gasteiger partial charge in [0.2, 0.25) is 0 Å². The Morgan fingerprint density at radius 2 is 2.08 bits per heavy atom. The molecule has 2 aromatic heterocycles. The van der Waals surface area contributed by atoms with Gasteiger partial charge in [-0.2, -0.15) is 0 Å². The predicted octanol–water partition coefficient (Wildman–Crippen LogP) is 1.62. The number of aromatic nitrogens is 4. The lowest BCUT2D eigenvalue weighted by Crippen LogP contribution is -2.10. The zero-order valence-corrected chi connectivity index (χ0v) is 7.20. The molecule has 2 aromatic rings. The molecule has 0 aromatic carbocycles. The van der Waals surface area contributed by atoms with Crippen molar-refractivity contribution in [1.82, 2.24) is 19.9 Å². The standard InChI is InChI=1S/C9H10N4/c1-2-6(3-1)7-12-8-9(13-7)11-5-4-10-8/h4-6H,1-3H2,(H,10,11,12,13). The molecule has 66 valence electrons. The normalized spacial score (nSPS) is 17.5. The van der Waals surface area contributed by atoms with Gasteiger partial charge in [-0.1, -0.05) is 6.42 Å². The van der Waals surface area contributed by atoms with Crippen molar-refractivity contribution in [3.63, 3.8) is 0 Å². The molecule has 0 bridgehead atoms. The van der Waals surface area contributed by atoms with Gasteiger partial charge in [0.1, 0.15) is 5.82 Å². The minimum Gasteiger partial charge on any atom is -0.325 e. The van der Waals surface area contributed by atoms with Crippen molar-refractivity contribution in [2.45, 2.75) is 25.2 Å². The lowest BCUT2D eigenvalue weighted by molar-refractivity contribution is 0.404. The Labute approximate surface area is 75.4 Å². The topological polar surface area (TPSA) is 54.5 Å². The van der Waals surface area contributed by atoms with Gasteiger partial charge in [0.25, 0.3) is 0 Å². The SMILES string of the molecule is c1cnc2[nH]c(C3CCC3)nc2n1. The highest BCUT2D eigenvalue weighted by atomic mass is 15.0. The molecule has 1 fully saturated rings. The van der Waals surface area contributed by atoms with Gasteiger partial charge in [-0.15, -0.1) is 0 Å². The number of imidazole rings is 1. The number of H-pyrrole nitrogens is 1. The van der Waals surface area contributed by atoms with E-state index in [1.165, 1.54) is 19.3 Å². The molecule has 0 radical (unpaired) electrons. The molecule has 0 unspecified atom stereocenters. The molecule has 0 saturated heterocycles. The molecule has 13 heavy (non-hydrogen) atoms. The van der Waals surface area contributed by atoms with Crippen LogP contribution in [0.5, 0.6) is 0 Å². The van der Waals surface area contributed by atoms with Crippen molar-refractivity contribution < 1.29 is 0 Å². The molecule has 4 heteroatoms. The molecule has 1 saturated carbocycles. The molecule has 3 rings (SSSR count). The molecule has 1 N–H and O–H groups in total. The highest BCUT2D eigenvalue weighted by molar-refractivity contribution is 5.64. The van der Waals surface area contributed by atoms with Crippen molar-refractivity contribution in [3.8, 4) is 0 Å². The van der Waals surface area contributed by atoms with Gasteiger partial charge in [-0.05, 0) is 12.8 Å². The van der Waals surface area contributed by atoms with Crippen LogP contribution in [-0.4, -0.2) is 19.9 Å². The van der Waals surface area contributed by atoms with E-state index in [0.29, 0.717) is 5.92 Å². The van der Waals surface area contributed by atoms with E-state index in [4.69, 9.17) is 0 Å². The number of aromatic amines is 1. The van der Waals surface area contributed by atoms with Gasteiger partial charge >= 0.3 is 0 Å². The second-order valence-electron chi connectivity index (χ2n) is 3.48. The second-order valence-corrected chi connectivity index (χ2v) is 3.48. The summed E-state index contributed by atoms with van der Waals surface area (Å²) in [7, 11) is 0. The average molecular weight is 174 g/mol. The Balaban J connectivity index is 2.10. The van der Waals surface area contributed by atoms with Crippen LogP contribution in [-0.2, 0) is 0 Å². The summed E-state index contributed by atoms with van der Waals surface area (Å²) in [6.45, 7) is 0. The van der Waals surface area contributed by atoms with E-state index in [-0.39, 0.29) is 0 Å². The van der Waals surface area contributed by atoms with Crippen LogP contribution in [0.1, 0.15) is 31.0 Å². The fourth-order valence-corrected chi connectivity index (χ4v) is 1.64. The molecule has 1 aliphatic carbocycles. The van der Waals surface area contributed by atoms with E-state index in [9.17, 15) is 0 Å². The Morgan fingerprint density at radius 1 is 1.23 bits per heavy atom. The van der Waals surface area contributed by atoms with Crippen molar-refractivity contribution >= 4 is 11.3 Å². The van der Waals surface area contributed by atoms with Gasteiger partial charge in [-0.25, -0.2) is 15.0 Å². The summed E-state index contributed by atoms with van der Waals surface area (Å²) in [4.78, 5) is 15.9. The van der Waals surface area contributed by atoms with Crippen molar-refractivity contribution in [2.75, 3.05) is 0 Å². The van der Waals surface area contributed by atoms with E-state index in [0.717, 1.165) is 17.1 Å². The van der Waals surface area contributed by atoms with Crippen molar-refractivity contribution in [1.29, 1.82) is 0 Å². The Kier molecular flexibility index (Phi) is 1.36. The van der Waals surface area contributed by atoms with Crippen LogP contribution in [0.4, 0.5) is 0 Å². The highest BCUT2D eigenvalue weighted by Crippen LogP contribution is 2.34. The lowest BCUT2D eigenvalue weighted by atomic mass is 9.85. The Bertz CT molecular complexity index is 397. The van der Waals surface area contributed by atoms with Crippen LogP contribution in [0.15, 0.2) is 12.4 Å². The van der Waals surface area contributed by atoms with E-state index in [1.807, 2.05) is 0 Å². The minimum absolute atomic E-state index is 0.621. The first kappa shape index (κ1) is 7.00. The smallest absolute Gasteiger partial charge is 0.197 e. The first-order valence-electron chi connectivity index (χ1n) is 4.60. The maximum absolute atomic E-state index is 4.41. The molecule has 2 heterocycles. The molecule has 0 aliphatic heterocycles. The highest BCUT2D eigenvalue weighted by Gasteiger charge is 2.22. The van der Waals surface area contributed by atoms with Gasteiger partial charge in [0, 0.05) is 18.3 Å². The first-order chi connectivity index (χ1) is 6.43. The van der Waals surface area contributed by atoms with E-state index < -0.39 is 0 Å². The minimum atomic E-state index is 0.621. The predicted molar refractivity (Wildman–Crippen MR) is 48.3 cm³/mol. The van der Waals surface area contributed by atoms with Gasteiger partial charge in [0.05, 0.1) is 0 Å². The molecule has 0 amide bonds. The summed E-state index contributed by atoms with van der Waals surface area (Å²) in [5, 5.41) is 0. The third-order valence-electron chi connectivity index (χ3n) is 2.64. The maximum Gasteiger partial charge on any atom is 0.197 e. The van der Waals surface area contributed by atoms with E-state index >= 15 is 0 Å². The number of nitrogens with zero attached hydrogens (tertiary/aromatic N) is 3. The maximum atomic E-state index is 4.41. The number of nitrogens with one attached hydrogen (secondary N) is 1. The average Bonchev–Trinajstić information content (AvgIpc) is 2.43. The third kappa shape index (κ3) is 1.02. The van der Waals surface area contributed by atoms with Crippen LogP contribution in [0.25, 0.3) is 11.3 Å². The lowest BCUT2D eigenvalue weighted by Gasteiger charge is -2.22. The number of rotatable bonds is 1. The molecule has 1 aliphatic rings. The zero-order valence-electron chi connectivity index (χ0n) is 7.20. The summed E-state index contributed by atoms with van der Waals surface area (Å²) < 4.78 is 0. The zero-order chi connectivity index (χ0) is 8.67. The molecular weight excluding hydrogens is 164 g/mol. The fourth-order valence-electron chi connectivity index (χ4n) is 1.64. The van der Waals surface area contributed by atoms with Gasteiger partial charge in [-0.3, -0.25) is 0 Å². The number of fused-ring (bicyclic) bond motifs is 1. The van der Waals surface area contributed by atoms with Crippen LogP contribution in [0.2, 0.25) is 0 Å². The van der Waals surface area contributed by atoms with Crippen molar-refractivity contribution in [3.05, 3.63) is 18.2 Å². The van der Waals surface area contributed by atoms with Crippen molar-refractivity contribution in [2.24, 2.45) is 0 Å².